The second-order valence-electron chi connectivity index (χ2n) is 5.57. The van der Waals surface area contributed by atoms with Crippen molar-refractivity contribution >= 4 is 27.3 Å². The van der Waals surface area contributed by atoms with Crippen LogP contribution in [0.2, 0.25) is 0 Å². The number of carbonyl (C=O) groups excluding carboxylic acids is 1. The van der Waals surface area contributed by atoms with Crippen molar-refractivity contribution in [3.8, 4) is 0 Å². The molecule has 114 valence electrons. The van der Waals surface area contributed by atoms with Gasteiger partial charge in [-0.25, -0.2) is 4.39 Å². The van der Waals surface area contributed by atoms with Crippen LogP contribution in [0.1, 0.15) is 35.5 Å². The van der Waals surface area contributed by atoms with E-state index in [1.807, 2.05) is 13.0 Å². The van der Waals surface area contributed by atoms with E-state index < -0.39 is 0 Å². The average Bonchev–Trinajstić information content (AvgIpc) is 2.74. The van der Waals surface area contributed by atoms with Crippen molar-refractivity contribution in [3.63, 3.8) is 0 Å². The lowest BCUT2D eigenvalue weighted by Crippen LogP contribution is -2.29. The zero-order valence-corrected chi connectivity index (χ0v) is 13.3. The Kier molecular flexibility index (Phi) is 4.96. The van der Waals surface area contributed by atoms with Crippen molar-refractivity contribution in [2.75, 3.05) is 6.54 Å². The maximum atomic E-state index is 13.8. The van der Waals surface area contributed by atoms with E-state index in [0.717, 1.165) is 4.70 Å². The topological polar surface area (TPSA) is 49.3 Å². The summed E-state index contributed by atoms with van der Waals surface area (Å²) < 4.78 is 14.6. The fourth-order valence-corrected chi connectivity index (χ4v) is 3.62. The summed E-state index contributed by atoms with van der Waals surface area (Å²) in [6.45, 7) is 5.98. The number of aliphatic hydroxyl groups is 1. The number of amides is 1. The SMILES string of the molecule is Cc1c(C(=O)NCC(C)CC(C)O)sc2cccc(F)c12. The summed E-state index contributed by atoms with van der Waals surface area (Å²) >= 11 is 1.31. The van der Waals surface area contributed by atoms with Crippen LogP contribution in [0.15, 0.2) is 18.2 Å². The number of aryl methyl sites for hydroxylation is 1. The number of hydrogen-bond donors (Lipinski definition) is 2. The van der Waals surface area contributed by atoms with Crippen LogP contribution in [0.4, 0.5) is 4.39 Å². The number of thiophene rings is 1. The summed E-state index contributed by atoms with van der Waals surface area (Å²) in [5, 5.41) is 12.7. The van der Waals surface area contributed by atoms with Gasteiger partial charge in [0.2, 0.25) is 0 Å². The number of halogens is 1. The monoisotopic (exact) mass is 309 g/mol. The maximum Gasteiger partial charge on any atom is 0.261 e. The lowest BCUT2D eigenvalue weighted by atomic mass is 10.0. The molecule has 2 atom stereocenters. The van der Waals surface area contributed by atoms with Crippen molar-refractivity contribution in [1.29, 1.82) is 0 Å². The van der Waals surface area contributed by atoms with Gasteiger partial charge >= 0.3 is 0 Å². The second kappa shape index (κ2) is 6.54. The first-order chi connectivity index (χ1) is 9.90. The fourth-order valence-electron chi connectivity index (χ4n) is 2.48. The molecule has 0 saturated carbocycles. The summed E-state index contributed by atoms with van der Waals surface area (Å²) in [5.41, 5.74) is 0.689. The molecule has 21 heavy (non-hydrogen) atoms. The molecule has 1 amide bonds. The Morgan fingerprint density at radius 1 is 1.43 bits per heavy atom. The van der Waals surface area contributed by atoms with Crippen LogP contribution >= 0.6 is 11.3 Å². The zero-order valence-electron chi connectivity index (χ0n) is 12.4. The summed E-state index contributed by atoms with van der Waals surface area (Å²) in [6.07, 6.45) is 0.261. The Bertz CT molecular complexity index is 651. The predicted octanol–water partition coefficient (Wildman–Crippen LogP) is 3.49. The Balaban J connectivity index is 2.13. The molecule has 0 fully saturated rings. The smallest absolute Gasteiger partial charge is 0.261 e. The van der Waals surface area contributed by atoms with E-state index in [4.69, 9.17) is 0 Å². The van der Waals surface area contributed by atoms with Crippen LogP contribution in [0, 0.1) is 18.7 Å². The van der Waals surface area contributed by atoms with Gasteiger partial charge in [-0.2, -0.15) is 0 Å². The average molecular weight is 309 g/mol. The molecule has 5 heteroatoms. The van der Waals surface area contributed by atoms with E-state index in [0.29, 0.717) is 28.8 Å². The third-order valence-corrected chi connectivity index (χ3v) is 4.72. The summed E-state index contributed by atoms with van der Waals surface area (Å²) in [7, 11) is 0. The standard InChI is InChI=1S/C16H20FNO2S/c1-9(7-10(2)19)8-18-16(20)15-11(3)14-12(17)5-4-6-13(14)21-15/h4-6,9-10,19H,7-8H2,1-3H3,(H,18,20). The number of hydrogen-bond acceptors (Lipinski definition) is 3. The Labute approximate surface area is 127 Å². The van der Waals surface area contributed by atoms with Gasteiger partial charge in [-0.05, 0) is 43.9 Å². The first-order valence-corrected chi connectivity index (χ1v) is 7.85. The van der Waals surface area contributed by atoms with Gasteiger partial charge in [0.05, 0.1) is 11.0 Å². The van der Waals surface area contributed by atoms with Gasteiger partial charge in [0.25, 0.3) is 5.91 Å². The van der Waals surface area contributed by atoms with Crippen molar-refractivity contribution in [1.82, 2.24) is 5.32 Å². The minimum atomic E-state index is -0.378. The van der Waals surface area contributed by atoms with Crippen LogP contribution in [0.25, 0.3) is 10.1 Å². The van der Waals surface area contributed by atoms with Crippen molar-refractivity contribution in [3.05, 3.63) is 34.5 Å². The van der Waals surface area contributed by atoms with E-state index >= 15 is 0 Å². The largest absolute Gasteiger partial charge is 0.393 e. The van der Waals surface area contributed by atoms with E-state index in [9.17, 15) is 14.3 Å². The summed E-state index contributed by atoms with van der Waals surface area (Å²) in [5.74, 6) is -0.270. The van der Waals surface area contributed by atoms with E-state index in [1.165, 1.54) is 17.4 Å². The van der Waals surface area contributed by atoms with Gasteiger partial charge in [-0.15, -0.1) is 11.3 Å². The first-order valence-electron chi connectivity index (χ1n) is 7.04. The second-order valence-corrected chi connectivity index (χ2v) is 6.62. The number of carbonyl (C=O) groups is 1. The maximum absolute atomic E-state index is 13.8. The van der Waals surface area contributed by atoms with Gasteiger partial charge in [-0.1, -0.05) is 13.0 Å². The van der Waals surface area contributed by atoms with Crippen LogP contribution in [0.3, 0.4) is 0 Å². The third kappa shape index (κ3) is 3.60. The quantitative estimate of drug-likeness (QED) is 0.888. The first kappa shape index (κ1) is 15.9. The van der Waals surface area contributed by atoms with Crippen LogP contribution in [-0.4, -0.2) is 23.7 Å². The molecule has 0 aliphatic carbocycles. The highest BCUT2D eigenvalue weighted by molar-refractivity contribution is 7.21. The van der Waals surface area contributed by atoms with Gasteiger partial charge < -0.3 is 10.4 Å². The number of aliphatic hydroxyl groups excluding tert-OH is 1. The molecular formula is C16H20FNO2S. The minimum Gasteiger partial charge on any atom is -0.393 e. The van der Waals surface area contributed by atoms with Gasteiger partial charge in [-0.3, -0.25) is 4.79 Å². The summed E-state index contributed by atoms with van der Waals surface area (Å²) in [6, 6.07) is 4.89. The lowest BCUT2D eigenvalue weighted by molar-refractivity contribution is 0.0943. The molecule has 0 aliphatic heterocycles. The fraction of sp³-hybridized carbons (Fsp3) is 0.438. The molecule has 1 heterocycles. The molecule has 0 spiro atoms. The van der Waals surface area contributed by atoms with Crippen LogP contribution in [0.5, 0.6) is 0 Å². The molecule has 1 aromatic carbocycles. The normalized spacial score (nSPS) is 14.1. The molecule has 0 saturated heterocycles. The highest BCUT2D eigenvalue weighted by atomic mass is 32.1. The molecule has 2 N–H and O–H groups in total. The third-order valence-electron chi connectivity index (χ3n) is 3.46. The van der Waals surface area contributed by atoms with Gasteiger partial charge in [0.1, 0.15) is 5.82 Å². The molecule has 3 nitrogen and oxygen atoms in total. The van der Waals surface area contributed by atoms with E-state index in [-0.39, 0.29) is 23.7 Å². The Hall–Kier alpha value is -1.46. The highest BCUT2D eigenvalue weighted by Gasteiger charge is 2.18. The van der Waals surface area contributed by atoms with Crippen LogP contribution < -0.4 is 5.32 Å². The number of benzene rings is 1. The molecule has 0 bridgehead atoms. The molecule has 1 aromatic heterocycles. The zero-order chi connectivity index (χ0) is 15.6. The van der Waals surface area contributed by atoms with Gasteiger partial charge in [0.15, 0.2) is 0 Å². The Morgan fingerprint density at radius 2 is 2.14 bits per heavy atom. The molecule has 2 aromatic rings. The number of fused-ring (bicyclic) bond motifs is 1. The molecule has 0 aliphatic rings. The number of nitrogens with one attached hydrogen (secondary N) is 1. The Morgan fingerprint density at radius 3 is 2.76 bits per heavy atom. The minimum absolute atomic E-state index is 0.175. The molecule has 2 rings (SSSR count). The van der Waals surface area contributed by atoms with E-state index in [2.05, 4.69) is 5.32 Å². The van der Waals surface area contributed by atoms with Crippen molar-refractivity contribution < 1.29 is 14.3 Å². The van der Waals surface area contributed by atoms with E-state index in [1.54, 1.807) is 19.9 Å². The van der Waals surface area contributed by atoms with Gasteiger partial charge in [0, 0.05) is 16.6 Å². The lowest BCUT2D eigenvalue weighted by Gasteiger charge is -2.13. The van der Waals surface area contributed by atoms with Crippen molar-refractivity contribution in [2.24, 2.45) is 5.92 Å². The molecule has 0 radical (unpaired) electrons. The van der Waals surface area contributed by atoms with Crippen LogP contribution in [-0.2, 0) is 0 Å². The molecular weight excluding hydrogens is 289 g/mol. The van der Waals surface area contributed by atoms with Crippen molar-refractivity contribution in [2.45, 2.75) is 33.3 Å². The predicted molar refractivity (Wildman–Crippen MR) is 84.3 cm³/mol. The number of rotatable bonds is 5. The summed E-state index contributed by atoms with van der Waals surface area (Å²) in [4.78, 5) is 12.8. The molecule has 2 unspecified atom stereocenters. The highest BCUT2D eigenvalue weighted by Crippen LogP contribution is 2.32.